The van der Waals surface area contributed by atoms with Crippen LogP contribution in [0.3, 0.4) is 0 Å². The minimum atomic E-state index is -4.49. The largest absolute Gasteiger partial charge is 0.467 e. The molecule has 0 N–H and O–H groups in total. The van der Waals surface area contributed by atoms with Crippen molar-refractivity contribution in [3.05, 3.63) is 64.1 Å². The molecule has 6 nitrogen and oxygen atoms in total. The molecule has 0 spiro atoms. The highest BCUT2D eigenvalue weighted by atomic mass is 19.4. The Labute approximate surface area is 152 Å². The van der Waals surface area contributed by atoms with Crippen molar-refractivity contribution in [3.8, 4) is 23.2 Å². The van der Waals surface area contributed by atoms with Crippen molar-refractivity contribution >= 4 is 0 Å². The van der Waals surface area contributed by atoms with Crippen molar-refractivity contribution in [2.75, 3.05) is 7.11 Å². The van der Waals surface area contributed by atoms with E-state index in [2.05, 4.69) is 5.10 Å². The third kappa shape index (κ3) is 3.53. The topological polar surface area (TPSA) is 58.3 Å². The molecule has 0 atom stereocenters. The maximum absolute atomic E-state index is 12.9. The molecule has 142 valence electrons. The average Bonchev–Trinajstić information content (AvgIpc) is 2.89. The molecule has 3 rings (SSSR count). The summed E-state index contributed by atoms with van der Waals surface area (Å²) < 4.78 is 52.0. The molecular weight excluding hydrogens is 363 g/mol. The van der Waals surface area contributed by atoms with Gasteiger partial charge in [0.15, 0.2) is 5.75 Å². The van der Waals surface area contributed by atoms with Crippen LogP contribution >= 0.6 is 0 Å². The number of methoxy groups -OCH3 is 1. The van der Waals surface area contributed by atoms with Gasteiger partial charge in [0, 0.05) is 7.05 Å². The smallest absolute Gasteiger partial charge is 0.416 e. The normalized spacial score (nSPS) is 11.5. The molecule has 0 fully saturated rings. The number of hydrogen-bond acceptors (Lipinski definition) is 4. The van der Waals surface area contributed by atoms with Crippen molar-refractivity contribution < 1.29 is 22.6 Å². The highest BCUT2D eigenvalue weighted by molar-refractivity contribution is 5.55. The van der Waals surface area contributed by atoms with Gasteiger partial charge in [0.2, 0.25) is 0 Å². The molecular formula is C18H16F3N3O3. The zero-order chi connectivity index (χ0) is 19.8. The van der Waals surface area contributed by atoms with E-state index in [9.17, 15) is 18.0 Å². The first kappa shape index (κ1) is 18.6. The third-order valence-electron chi connectivity index (χ3n) is 3.89. The maximum atomic E-state index is 12.9. The summed E-state index contributed by atoms with van der Waals surface area (Å²) in [6.07, 6.45) is -4.49. The van der Waals surface area contributed by atoms with E-state index in [1.165, 1.54) is 30.9 Å². The van der Waals surface area contributed by atoms with E-state index in [0.717, 1.165) is 16.8 Å². The molecule has 0 radical (unpaired) electrons. The fourth-order valence-electron chi connectivity index (χ4n) is 2.63. The molecule has 0 amide bonds. The molecule has 0 saturated carbocycles. The zero-order valence-electron chi connectivity index (χ0n) is 14.7. The number of hydrogen-bond donors (Lipinski definition) is 0. The van der Waals surface area contributed by atoms with E-state index in [0.29, 0.717) is 11.3 Å². The highest BCUT2D eigenvalue weighted by Crippen LogP contribution is 2.35. The van der Waals surface area contributed by atoms with Crippen molar-refractivity contribution in [2.45, 2.75) is 13.1 Å². The number of alkyl halides is 3. The predicted octanol–water partition coefficient (Wildman–Crippen LogP) is 3.70. The standard InChI is InChI=1S/C18H16F3N3O3/c1-11-6-4-9-14(15(11)24-16(26-3)22-23(2)17(24)25)27-13-8-5-7-12(10-13)18(19,20)21/h4-10H,1-3H3. The Morgan fingerprint density at radius 3 is 2.48 bits per heavy atom. The van der Waals surface area contributed by atoms with Crippen LogP contribution in [0.25, 0.3) is 5.69 Å². The Kier molecular flexibility index (Phi) is 4.69. The Bertz CT molecular complexity index is 1040. The van der Waals surface area contributed by atoms with Crippen molar-refractivity contribution in [3.63, 3.8) is 0 Å². The van der Waals surface area contributed by atoms with Crippen LogP contribution in [0.15, 0.2) is 47.3 Å². The van der Waals surface area contributed by atoms with Crippen molar-refractivity contribution in [2.24, 2.45) is 7.05 Å². The van der Waals surface area contributed by atoms with Gasteiger partial charge in [-0.1, -0.05) is 18.2 Å². The Balaban J connectivity index is 2.13. The minimum Gasteiger partial charge on any atom is -0.467 e. The van der Waals surface area contributed by atoms with Crippen molar-refractivity contribution in [1.82, 2.24) is 14.3 Å². The van der Waals surface area contributed by atoms with Gasteiger partial charge < -0.3 is 9.47 Å². The SMILES string of the molecule is COc1nn(C)c(=O)n1-c1c(C)cccc1Oc1cccc(C(F)(F)F)c1. The second-order valence-corrected chi connectivity index (χ2v) is 5.78. The second-order valence-electron chi connectivity index (χ2n) is 5.78. The summed E-state index contributed by atoms with van der Waals surface area (Å²) in [6, 6.07) is 9.53. The van der Waals surface area contributed by atoms with E-state index in [4.69, 9.17) is 9.47 Å². The number of aryl methyl sites for hydroxylation is 2. The van der Waals surface area contributed by atoms with Gasteiger partial charge in [0.25, 0.3) is 0 Å². The van der Waals surface area contributed by atoms with E-state index in [1.54, 1.807) is 25.1 Å². The van der Waals surface area contributed by atoms with E-state index in [1.807, 2.05) is 0 Å². The molecule has 0 aliphatic rings. The first-order chi connectivity index (χ1) is 12.7. The molecule has 1 heterocycles. The summed E-state index contributed by atoms with van der Waals surface area (Å²) in [5, 5.41) is 3.98. The second kappa shape index (κ2) is 6.82. The molecule has 2 aromatic carbocycles. The van der Waals surface area contributed by atoms with Gasteiger partial charge in [-0.2, -0.15) is 13.2 Å². The monoisotopic (exact) mass is 379 g/mol. The molecule has 0 unspecified atom stereocenters. The van der Waals surface area contributed by atoms with Crippen LogP contribution in [0, 0.1) is 6.92 Å². The summed E-state index contributed by atoms with van der Waals surface area (Å²) in [5.74, 6) is 0.190. The average molecular weight is 379 g/mol. The number of nitrogens with zero attached hydrogens (tertiary/aromatic N) is 3. The lowest BCUT2D eigenvalue weighted by molar-refractivity contribution is -0.137. The molecule has 0 aliphatic carbocycles. The van der Waals surface area contributed by atoms with Gasteiger partial charge in [0.05, 0.1) is 12.7 Å². The third-order valence-corrected chi connectivity index (χ3v) is 3.89. The summed E-state index contributed by atoms with van der Waals surface area (Å²) >= 11 is 0. The molecule has 0 bridgehead atoms. The number of ether oxygens (including phenoxy) is 2. The summed E-state index contributed by atoms with van der Waals surface area (Å²) in [5.41, 5.74) is -0.307. The number of rotatable bonds is 4. The molecule has 27 heavy (non-hydrogen) atoms. The quantitative estimate of drug-likeness (QED) is 0.694. The van der Waals surface area contributed by atoms with Crippen LogP contribution in [-0.2, 0) is 13.2 Å². The van der Waals surface area contributed by atoms with Gasteiger partial charge in [-0.3, -0.25) is 0 Å². The highest BCUT2D eigenvalue weighted by Gasteiger charge is 2.30. The first-order valence-electron chi connectivity index (χ1n) is 7.87. The zero-order valence-corrected chi connectivity index (χ0v) is 14.7. The van der Waals surface area contributed by atoms with Crippen LogP contribution in [-0.4, -0.2) is 21.5 Å². The summed E-state index contributed by atoms with van der Waals surface area (Å²) in [6.45, 7) is 1.74. The number of halogens is 3. The van der Waals surface area contributed by atoms with Crippen LogP contribution < -0.4 is 15.2 Å². The van der Waals surface area contributed by atoms with E-state index >= 15 is 0 Å². The Hall–Kier alpha value is -3.23. The minimum absolute atomic E-state index is 0.00687. The van der Waals surface area contributed by atoms with Crippen LogP contribution in [0.1, 0.15) is 11.1 Å². The molecule has 3 aromatic rings. The lowest BCUT2D eigenvalue weighted by Crippen LogP contribution is -2.22. The maximum Gasteiger partial charge on any atom is 0.416 e. The lowest BCUT2D eigenvalue weighted by Gasteiger charge is -2.15. The van der Waals surface area contributed by atoms with Gasteiger partial charge in [-0.25, -0.2) is 14.0 Å². The Morgan fingerprint density at radius 1 is 1.11 bits per heavy atom. The van der Waals surface area contributed by atoms with Crippen LogP contribution in [0.5, 0.6) is 17.5 Å². The Morgan fingerprint density at radius 2 is 1.81 bits per heavy atom. The first-order valence-corrected chi connectivity index (χ1v) is 7.87. The number of para-hydroxylation sites is 1. The van der Waals surface area contributed by atoms with E-state index in [-0.39, 0.29) is 17.5 Å². The fourth-order valence-corrected chi connectivity index (χ4v) is 2.63. The van der Waals surface area contributed by atoms with E-state index < -0.39 is 17.4 Å². The van der Waals surface area contributed by atoms with Crippen LogP contribution in [0.4, 0.5) is 13.2 Å². The number of aromatic nitrogens is 3. The van der Waals surface area contributed by atoms with Crippen LogP contribution in [0.2, 0.25) is 0 Å². The fraction of sp³-hybridized carbons (Fsp3) is 0.222. The van der Waals surface area contributed by atoms with Gasteiger partial charge in [-0.15, -0.1) is 5.10 Å². The lowest BCUT2D eigenvalue weighted by atomic mass is 10.1. The molecule has 9 heteroatoms. The molecule has 0 saturated heterocycles. The summed E-state index contributed by atoms with van der Waals surface area (Å²) in [4.78, 5) is 12.5. The van der Waals surface area contributed by atoms with Crippen molar-refractivity contribution in [1.29, 1.82) is 0 Å². The van der Waals surface area contributed by atoms with Gasteiger partial charge in [-0.05, 0) is 36.8 Å². The summed E-state index contributed by atoms with van der Waals surface area (Å²) in [7, 11) is 2.83. The number of benzene rings is 2. The predicted molar refractivity (Wildman–Crippen MR) is 91.6 cm³/mol. The van der Waals surface area contributed by atoms with Gasteiger partial charge in [0.1, 0.15) is 11.4 Å². The molecule has 1 aromatic heterocycles. The van der Waals surface area contributed by atoms with Gasteiger partial charge >= 0.3 is 17.9 Å². The molecule has 0 aliphatic heterocycles.